The maximum atomic E-state index is 13.3. The molecule has 3 nitrogen and oxygen atoms in total. The Morgan fingerprint density at radius 1 is 1.12 bits per heavy atom. The lowest BCUT2D eigenvalue weighted by Crippen LogP contribution is -2.12. The van der Waals surface area contributed by atoms with Gasteiger partial charge in [0.15, 0.2) is 0 Å². The normalized spacial score (nSPS) is 16.3. The van der Waals surface area contributed by atoms with Crippen molar-refractivity contribution in [1.82, 2.24) is 9.88 Å². The molecule has 0 radical (unpaired) electrons. The maximum Gasteiger partial charge on any atom is 0.418 e. The second kappa shape index (κ2) is 5.95. The third-order valence-corrected chi connectivity index (χ3v) is 4.17. The van der Waals surface area contributed by atoms with E-state index in [0.29, 0.717) is 22.6 Å². The highest BCUT2D eigenvalue weighted by atomic mass is 19.4. The monoisotopic (exact) mass is 346 g/mol. The van der Waals surface area contributed by atoms with Gasteiger partial charge in [-0.3, -0.25) is 4.79 Å². The lowest BCUT2D eigenvalue weighted by Gasteiger charge is -2.16. The minimum absolute atomic E-state index is 0.0784. The first-order valence-electron chi connectivity index (χ1n) is 7.75. The third kappa shape index (κ3) is 3.12. The van der Waals surface area contributed by atoms with Gasteiger partial charge in [-0.05, 0) is 50.6 Å². The van der Waals surface area contributed by atoms with Crippen LogP contribution in [0.4, 0.5) is 13.2 Å². The van der Waals surface area contributed by atoms with Gasteiger partial charge in [0.1, 0.15) is 0 Å². The molecule has 2 heterocycles. The molecule has 0 fully saturated rings. The number of rotatable bonds is 2. The van der Waals surface area contributed by atoms with E-state index in [9.17, 15) is 18.0 Å². The van der Waals surface area contributed by atoms with Crippen molar-refractivity contribution in [2.24, 2.45) is 0 Å². The van der Waals surface area contributed by atoms with Crippen LogP contribution in [-0.2, 0) is 11.0 Å². The molecule has 2 aromatic rings. The third-order valence-electron chi connectivity index (χ3n) is 4.17. The average molecular weight is 346 g/mol. The van der Waals surface area contributed by atoms with E-state index in [4.69, 9.17) is 0 Å². The van der Waals surface area contributed by atoms with Crippen LogP contribution in [0.1, 0.15) is 29.4 Å². The summed E-state index contributed by atoms with van der Waals surface area (Å²) in [5, 5.41) is 2.97. The zero-order chi connectivity index (χ0) is 18.4. The molecule has 1 aromatic heterocycles. The number of ketones is 1. The van der Waals surface area contributed by atoms with Gasteiger partial charge in [0.05, 0.1) is 16.9 Å². The lowest BCUT2D eigenvalue weighted by atomic mass is 10.1. The summed E-state index contributed by atoms with van der Waals surface area (Å²) in [6.45, 7) is 5.27. The number of hydrogen-bond donors (Lipinski definition) is 1. The van der Waals surface area contributed by atoms with Crippen LogP contribution in [0.15, 0.2) is 47.8 Å². The smallest absolute Gasteiger partial charge is 0.356 e. The van der Waals surface area contributed by atoms with Gasteiger partial charge in [-0.15, -0.1) is 0 Å². The molecule has 1 aliphatic rings. The number of halogens is 3. The summed E-state index contributed by atoms with van der Waals surface area (Å²) in [5.74, 6) is -0.141. The Labute approximate surface area is 143 Å². The molecule has 0 saturated heterocycles. The molecule has 3 rings (SSSR count). The highest BCUT2D eigenvalue weighted by molar-refractivity contribution is 6.09. The van der Waals surface area contributed by atoms with E-state index >= 15 is 0 Å². The van der Waals surface area contributed by atoms with Crippen molar-refractivity contribution < 1.29 is 18.0 Å². The van der Waals surface area contributed by atoms with Crippen molar-refractivity contribution in [3.05, 3.63) is 70.3 Å². The van der Waals surface area contributed by atoms with Crippen LogP contribution < -0.4 is 5.32 Å². The number of hydrogen-bond acceptors (Lipinski definition) is 2. The van der Waals surface area contributed by atoms with Crippen molar-refractivity contribution >= 4 is 11.9 Å². The fourth-order valence-electron chi connectivity index (χ4n) is 3.06. The molecule has 1 aromatic carbocycles. The Kier molecular flexibility index (Phi) is 4.06. The van der Waals surface area contributed by atoms with E-state index < -0.39 is 11.7 Å². The number of benzene rings is 1. The van der Waals surface area contributed by atoms with Gasteiger partial charge in [0, 0.05) is 23.2 Å². The summed E-state index contributed by atoms with van der Waals surface area (Å²) >= 11 is 0. The Balaban J connectivity index is 2.12. The molecule has 0 unspecified atom stereocenters. The molecule has 25 heavy (non-hydrogen) atoms. The maximum absolute atomic E-state index is 13.3. The van der Waals surface area contributed by atoms with Crippen molar-refractivity contribution in [1.29, 1.82) is 0 Å². The molecule has 0 spiro atoms. The number of nitrogens with zero attached hydrogens (tertiary/aromatic N) is 1. The zero-order valence-corrected chi connectivity index (χ0v) is 14.0. The molecular weight excluding hydrogens is 329 g/mol. The zero-order valence-electron chi connectivity index (χ0n) is 14.0. The summed E-state index contributed by atoms with van der Waals surface area (Å²) in [6.07, 6.45) is -1.28. The van der Waals surface area contributed by atoms with E-state index in [1.807, 2.05) is 0 Å². The minimum atomic E-state index is -4.44. The van der Waals surface area contributed by atoms with Gasteiger partial charge in [0.2, 0.25) is 5.78 Å². The van der Waals surface area contributed by atoms with Crippen LogP contribution in [0.2, 0.25) is 0 Å². The predicted molar refractivity (Wildman–Crippen MR) is 90.1 cm³/mol. The summed E-state index contributed by atoms with van der Waals surface area (Å²) in [6, 6.07) is 7.25. The van der Waals surface area contributed by atoms with Crippen molar-refractivity contribution in [3.8, 4) is 5.69 Å². The number of alkyl halides is 3. The van der Waals surface area contributed by atoms with Gasteiger partial charge < -0.3 is 9.88 Å². The SMILES string of the molecule is CC1=CC(=O)/C(=C\c2cc(C)n(-c3ccccc3C(F)(F)F)c2C)N1. The van der Waals surface area contributed by atoms with Gasteiger partial charge >= 0.3 is 6.18 Å². The van der Waals surface area contributed by atoms with Gasteiger partial charge in [-0.25, -0.2) is 0 Å². The molecule has 0 bridgehead atoms. The standard InChI is InChI=1S/C19H17F3N2O/c1-11-8-18(25)16(23-11)10-14-9-12(2)24(13(14)3)17-7-5-4-6-15(17)19(20,21)22/h4-10,23H,1-3H3/b16-10+. The van der Waals surface area contributed by atoms with E-state index in [1.165, 1.54) is 18.2 Å². The van der Waals surface area contributed by atoms with E-state index in [1.54, 1.807) is 43.5 Å². The first-order valence-corrected chi connectivity index (χ1v) is 7.75. The number of nitrogens with one attached hydrogen (secondary N) is 1. The fourth-order valence-corrected chi connectivity index (χ4v) is 3.06. The Hall–Kier alpha value is -2.76. The number of allylic oxidation sites excluding steroid dienone is 2. The predicted octanol–water partition coefficient (Wildman–Crippen LogP) is 4.53. The van der Waals surface area contributed by atoms with Crippen molar-refractivity contribution in [2.45, 2.75) is 26.9 Å². The highest BCUT2D eigenvalue weighted by Gasteiger charge is 2.34. The second-order valence-corrected chi connectivity index (χ2v) is 6.05. The van der Waals surface area contributed by atoms with E-state index in [0.717, 1.165) is 11.8 Å². The first-order chi connectivity index (χ1) is 11.7. The summed E-state index contributed by atoms with van der Waals surface area (Å²) < 4.78 is 41.6. The van der Waals surface area contributed by atoms with Gasteiger partial charge in [0.25, 0.3) is 0 Å². The Morgan fingerprint density at radius 3 is 2.40 bits per heavy atom. The highest BCUT2D eigenvalue weighted by Crippen LogP contribution is 2.35. The first kappa shape index (κ1) is 17.1. The number of aromatic nitrogens is 1. The molecule has 130 valence electrons. The Bertz CT molecular complexity index is 917. The van der Waals surface area contributed by atoms with Gasteiger partial charge in [-0.2, -0.15) is 13.2 Å². The summed E-state index contributed by atoms with van der Waals surface area (Å²) in [7, 11) is 0. The van der Waals surface area contributed by atoms with Crippen LogP contribution in [0, 0.1) is 13.8 Å². The van der Waals surface area contributed by atoms with Crippen LogP contribution in [-0.4, -0.2) is 10.4 Å². The Morgan fingerprint density at radius 2 is 1.80 bits per heavy atom. The molecule has 0 amide bonds. The molecule has 1 N–H and O–H groups in total. The number of carbonyl (C=O) groups excluding carboxylic acids is 1. The molecule has 0 saturated carbocycles. The largest absolute Gasteiger partial charge is 0.418 e. The van der Waals surface area contributed by atoms with Crippen LogP contribution in [0.3, 0.4) is 0 Å². The number of para-hydroxylation sites is 1. The second-order valence-electron chi connectivity index (χ2n) is 6.05. The number of carbonyl (C=O) groups is 1. The molecule has 1 aliphatic heterocycles. The van der Waals surface area contributed by atoms with Crippen LogP contribution in [0.5, 0.6) is 0 Å². The molecule has 0 aliphatic carbocycles. The van der Waals surface area contributed by atoms with E-state index in [-0.39, 0.29) is 11.5 Å². The lowest BCUT2D eigenvalue weighted by molar-refractivity contribution is -0.137. The fraction of sp³-hybridized carbons (Fsp3) is 0.211. The summed E-state index contributed by atoms with van der Waals surface area (Å²) in [4.78, 5) is 11.9. The molecule has 0 atom stereocenters. The van der Waals surface area contributed by atoms with Crippen LogP contribution in [0.25, 0.3) is 11.8 Å². The van der Waals surface area contributed by atoms with Crippen molar-refractivity contribution in [2.75, 3.05) is 0 Å². The quantitative estimate of drug-likeness (QED) is 0.811. The van der Waals surface area contributed by atoms with Crippen LogP contribution >= 0.6 is 0 Å². The van der Waals surface area contributed by atoms with Gasteiger partial charge in [-0.1, -0.05) is 12.1 Å². The molecular formula is C19H17F3N2O. The topological polar surface area (TPSA) is 34.0 Å². The molecule has 6 heteroatoms. The van der Waals surface area contributed by atoms with Crippen molar-refractivity contribution in [3.63, 3.8) is 0 Å². The average Bonchev–Trinajstić information content (AvgIpc) is 2.97. The van der Waals surface area contributed by atoms with E-state index in [2.05, 4.69) is 5.32 Å². The number of aryl methyl sites for hydroxylation is 1. The summed E-state index contributed by atoms with van der Waals surface area (Å²) in [5.41, 5.74) is 2.55. The minimum Gasteiger partial charge on any atom is -0.356 e.